The van der Waals surface area contributed by atoms with Gasteiger partial charge in [-0.2, -0.15) is 0 Å². The Kier molecular flexibility index (Phi) is 6.59. The summed E-state index contributed by atoms with van der Waals surface area (Å²) in [6.07, 6.45) is 1.47. The van der Waals surface area contributed by atoms with Crippen LogP contribution in [0, 0.1) is 0 Å². The highest BCUT2D eigenvalue weighted by atomic mass is 35.5. The van der Waals surface area contributed by atoms with E-state index in [4.69, 9.17) is 23.2 Å². The number of benzene rings is 2. The largest absolute Gasteiger partial charge is 0.345 e. The van der Waals surface area contributed by atoms with Crippen molar-refractivity contribution in [1.82, 2.24) is 9.47 Å². The molecule has 0 spiro atoms. The molecule has 3 rings (SSSR count). The number of hydrogen-bond acceptors (Lipinski definition) is 3. The van der Waals surface area contributed by atoms with Crippen LogP contribution in [0.4, 0.5) is 5.69 Å². The summed E-state index contributed by atoms with van der Waals surface area (Å²) in [6, 6.07) is 14.6. The molecule has 0 aliphatic carbocycles. The van der Waals surface area contributed by atoms with E-state index in [0.29, 0.717) is 15.7 Å². The zero-order valence-corrected chi connectivity index (χ0v) is 17.9. The fraction of sp³-hybridized carbons (Fsp3) is 0.136. The Morgan fingerprint density at radius 2 is 1.73 bits per heavy atom. The van der Waals surface area contributed by atoms with Crippen molar-refractivity contribution >= 4 is 40.7 Å². The van der Waals surface area contributed by atoms with Gasteiger partial charge in [0, 0.05) is 37.1 Å². The molecule has 0 saturated carbocycles. The Bertz CT molecular complexity index is 1170. The molecule has 1 aromatic heterocycles. The summed E-state index contributed by atoms with van der Waals surface area (Å²) in [5.41, 5.74) is 1.50. The Balaban J connectivity index is 1.84. The zero-order chi connectivity index (χ0) is 21.8. The van der Waals surface area contributed by atoms with Crippen LogP contribution in [0.25, 0.3) is 0 Å². The van der Waals surface area contributed by atoms with Gasteiger partial charge < -0.3 is 14.8 Å². The molecular formula is C22H19Cl2N3O3. The van der Waals surface area contributed by atoms with Gasteiger partial charge in [0.2, 0.25) is 0 Å². The Morgan fingerprint density at radius 3 is 2.43 bits per heavy atom. The second kappa shape index (κ2) is 9.15. The lowest BCUT2D eigenvalue weighted by molar-refractivity contribution is 0.0827. The molecule has 30 heavy (non-hydrogen) atoms. The molecule has 0 bridgehead atoms. The van der Waals surface area contributed by atoms with Crippen LogP contribution in [0.2, 0.25) is 10.0 Å². The van der Waals surface area contributed by atoms with E-state index in [-0.39, 0.29) is 29.1 Å². The summed E-state index contributed by atoms with van der Waals surface area (Å²) >= 11 is 12.3. The number of halogens is 2. The quantitative estimate of drug-likeness (QED) is 0.643. The van der Waals surface area contributed by atoms with Crippen molar-refractivity contribution in [2.75, 3.05) is 19.4 Å². The van der Waals surface area contributed by atoms with Gasteiger partial charge in [0.1, 0.15) is 0 Å². The monoisotopic (exact) mass is 443 g/mol. The first-order valence-electron chi connectivity index (χ1n) is 9.02. The van der Waals surface area contributed by atoms with E-state index in [2.05, 4.69) is 5.32 Å². The summed E-state index contributed by atoms with van der Waals surface area (Å²) in [6.45, 7) is 0.238. The maximum Gasteiger partial charge on any atom is 0.257 e. The van der Waals surface area contributed by atoms with Crippen LogP contribution in [0.3, 0.4) is 0 Å². The topological polar surface area (TPSA) is 71.4 Å². The molecule has 0 fully saturated rings. The van der Waals surface area contributed by atoms with Gasteiger partial charge in [0.25, 0.3) is 17.4 Å². The summed E-state index contributed by atoms with van der Waals surface area (Å²) in [7, 11) is 3.23. The summed E-state index contributed by atoms with van der Waals surface area (Å²) in [4.78, 5) is 38.6. The number of carbonyl (C=O) groups excluding carboxylic acids is 2. The lowest BCUT2D eigenvalue weighted by Crippen LogP contribution is -2.23. The van der Waals surface area contributed by atoms with Crippen LogP contribution >= 0.6 is 23.2 Å². The van der Waals surface area contributed by atoms with Crippen molar-refractivity contribution in [3.05, 3.63) is 97.9 Å². The highest BCUT2D eigenvalue weighted by molar-refractivity contribution is 6.34. The van der Waals surface area contributed by atoms with E-state index in [1.54, 1.807) is 38.4 Å². The van der Waals surface area contributed by atoms with Crippen LogP contribution in [-0.2, 0) is 6.54 Å². The van der Waals surface area contributed by atoms with Crippen molar-refractivity contribution in [1.29, 1.82) is 0 Å². The van der Waals surface area contributed by atoms with Gasteiger partial charge in [-0.05, 0) is 35.9 Å². The molecule has 0 unspecified atom stereocenters. The number of carbonyl (C=O) groups is 2. The maximum atomic E-state index is 12.7. The summed E-state index contributed by atoms with van der Waals surface area (Å²) < 4.78 is 1.42. The molecule has 2 aromatic carbocycles. The van der Waals surface area contributed by atoms with Crippen molar-refractivity contribution in [3.63, 3.8) is 0 Å². The number of hydrogen-bond donors (Lipinski definition) is 1. The predicted octanol–water partition coefficient (Wildman–Crippen LogP) is 4.16. The highest BCUT2D eigenvalue weighted by Gasteiger charge is 2.15. The number of nitrogens with one attached hydrogen (secondary N) is 1. The smallest absolute Gasteiger partial charge is 0.257 e. The molecule has 154 valence electrons. The molecule has 3 aromatic rings. The Morgan fingerprint density at radius 1 is 1.00 bits per heavy atom. The van der Waals surface area contributed by atoms with Gasteiger partial charge >= 0.3 is 0 Å². The van der Waals surface area contributed by atoms with Crippen LogP contribution in [0.5, 0.6) is 0 Å². The van der Waals surface area contributed by atoms with Crippen molar-refractivity contribution in [2.45, 2.75) is 6.54 Å². The molecular weight excluding hydrogens is 425 g/mol. The molecule has 8 heteroatoms. The van der Waals surface area contributed by atoms with Crippen molar-refractivity contribution < 1.29 is 9.59 Å². The second-order valence-electron chi connectivity index (χ2n) is 6.82. The normalized spacial score (nSPS) is 10.5. The van der Waals surface area contributed by atoms with Gasteiger partial charge in [0.15, 0.2) is 0 Å². The van der Waals surface area contributed by atoms with E-state index in [1.165, 1.54) is 33.9 Å². The zero-order valence-electron chi connectivity index (χ0n) is 16.4. The third kappa shape index (κ3) is 4.90. The molecule has 0 atom stereocenters. The average molecular weight is 444 g/mol. The number of nitrogens with zero attached hydrogens (tertiary/aromatic N) is 2. The maximum absolute atomic E-state index is 12.7. The Labute approximate surface area is 183 Å². The second-order valence-corrected chi connectivity index (χ2v) is 7.64. The van der Waals surface area contributed by atoms with Crippen molar-refractivity contribution in [2.24, 2.45) is 0 Å². The predicted molar refractivity (Wildman–Crippen MR) is 119 cm³/mol. The van der Waals surface area contributed by atoms with Gasteiger partial charge in [-0.1, -0.05) is 41.4 Å². The molecule has 0 aliphatic heterocycles. The fourth-order valence-corrected chi connectivity index (χ4v) is 3.20. The first-order valence-corrected chi connectivity index (χ1v) is 9.78. The third-order valence-corrected chi connectivity index (χ3v) is 5.10. The number of anilines is 1. The van der Waals surface area contributed by atoms with Crippen molar-refractivity contribution in [3.8, 4) is 0 Å². The van der Waals surface area contributed by atoms with Gasteiger partial charge in [0.05, 0.1) is 22.7 Å². The van der Waals surface area contributed by atoms with Gasteiger partial charge in [-0.3, -0.25) is 14.4 Å². The molecule has 0 saturated heterocycles. The minimum Gasteiger partial charge on any atom is -0.345 e. The highest BCUT2D eigenvalue weighted by Crippen LogP contribution is 2.22. The SMILES string of the molecule is CN(C)C(=O)c1cc(NC(=O)c2ccc(=O)n(Cc3ccccc3Cl)c2)ccc1Cl. The lowest BCUT2D eigenvalue weighted by atomic mass is 10.1. The van der Waals surface area contributed by atoms with Crippen LogP contribution in [0.15, 0.2) is 65.6 Å². The van der Waals surface area contributed by atoms with Gasteiger partial charge in [-0.25, -0.2) is 0 Å². The van der Waals surface area contributed by atoms with E-state index in [1.807, 2.05) is 12.1 Å². The van der Waals surface area contributed by atoms with Crippen LogP contribution in [-0.4, -0.2) is 35.4 Å². The standard InChI is InChI=1S/C22H19Cl2N3O3/c1-26(2)22(30)17-11-16(8-9-19(17)24)25-21(29)15-7-10-20(28)27(13-15)12-14-5-3-4-6-18(14)23/h3-11,13H,12H2,1-2H3,(H,25,29). The number of aromatic nitrogens is 1. The van der Waals surface area contributed by atoms with Crippen LogP contribution < -0.4 is 10.9 Å². The first-order chi connectivity index (χ1) is 14.3. The first kappa shape index (κ1) is 21.6. The molecule has 2 amide bonds. The fourth-order valence-electron chi connectivity index (χ4n) is 2.81. The minimum atomic E-state index is -0.423. The number of pyridine rings is 1. The molecule has 1 N–H and O–H groups in total. The summed E-state index contributed by atoms with van der Waals surface area (Å²) in [5, 5.41) is 3.56. The van der Waals surface area contributed by atoms with E-state index in [0.717, 1.165) is 5.56 Å². The van der Waals surface area contributed by atoms with E-state index < -0.39 is 5.91 Å². The lowest BCUT2D eigenvalue weighted by Gasteiger charge is -2.14. The van der Waals surface area contributed by atoms with Gasteiger partial charge in [-0.15, -0.1) is 0 Å². The molecule has 0 aliphatic rings. The molecule has 0 radical (unpaired) electrons. The van der Waals surface area contributed by atoms with Crippen LogP contribution in [0.1, 0.15) is 26.3 Å². The third-order valence-electron chi connectivity index (χ3n) is 4.41. The number of rotatable bonds is 5. The summed E-state index contributed by atoms with van der Waals surface area (Å²) in [5.74, 6) is -0.696. The van der Waals surface area contributed by atoms with E-state index in [9.17, 15) is 14.4 Å². The average Bonchev–Trinajstić information content (AvgIpc) is 2.72. The van der Waals surface area contributed by atoms with E-state index >= 15 is 0 Å². The molecule has 1 heterocycles. The molecule has 6 nitrogen and oxygen atoms in total. The Hall–Kier alpha value is -3.09. The minimum absolute atomic E-state index is 0.238. The number of amides is 2.